The van der Waals surface area contributed by atoms with Gasteiger partial charge in [0.05, 0.1) is 13.2 Å². The highest BCUT2D eigenvalue weighted by Gasteiger charge is 2.10. The van der Waals surface area contributed by atoms with Gasteiger partial charge in [-0.1, -0.05) is 25.5 Å². The highest BCUT2D eigenvalue weighted by atomic mass is 32.2. The van der Waals surface area contributed by atoms with Gasteiger partial charge in [-0.15, -0.1) is 11.8 Å². The quantitative estimate of drug-likeness (QED) is 0.701. The predicted molar refractivity (Wildman–Crippen MR) is 83.2 cm³/mol. The number of aryl methyl sites for hydroxylation is 1. The van der Waals surface area contributed by atoms with E-state index in [1.165, 1.54) is 41.0 Å². The maximum Gasteiger partial charge on any atom is 0.0591 e. The van der Waals surface area contributed by atoms with Gasteiger partial charge in [-0.05, 0) is 43.0 Å². The number of hydrogen-bond acceptors (Lipinski definition) is 3. The molecule has 1 aromatic rings. The van der Waals surface area contributed by atoms with E-state index >= 15 is 0 Å². The molecule has 0 aliphatic carbocycles. The van der Waals surface area contributed by atoms with E-state index in [9.17, 15) is 0 Å². The monoisotopic (exact) mass is 279 g/mol. The molecule has 2 rings (SSSR count). The average molecular weight is 279 g/mol. The normalized spacial score (nSPS) is 13.7. The summed E-state index contributed by atoms with van der Waals surface area (Å²) < 4.78 is 5.67. The molecule has 0 fully saturated rings. The van der Waals surface area contributed by atoms with E-state index in [0.29, 0.717) is 0 Å². The summed E-state index contributed by atoms with van der Waals surface area (Å²) in [5.74, 6) is 1.25. The van der Waals surface area contributed by atoms with Gasteiger partial charge in [0.15, 0.2) is 0 Å². The van der Waals surface area contributed by atoms with Crippen LogP contribution < -0.4 is 5.32 Å². The van der Waals surface area contributed by atoms with Crippen molar-refractivity contribution in [3.63, 3.8) is 0 Å². The summed E-state index contributed by atoms with van der Waals surface area (Å²) >= 11 is 1.98. The molecule has 1 aliphatic heterocycles. The number of rotatable bonds is 9. The number of thioether (sulfide) groups is 1. The third-order valence-corrected chi connectivity index (χ3v) is 4.54. The largest absolute Gasteiger partial charge is 0.380 e. The summed E-state index contributed by atoms with van der Waals surface area (Å²) in [6.07, 6.45) is 4.78. The van der Waals surface area contributed by atoms with Crippen LogP contribution >= 0.6 is 11.8 Å². The second kappa shape index (κ2) is 8.62. The highest BCUT2D eigenvalue weighted by molar-refractivity contribution is 7.99. The van der Waals surface area contributed by atoms with Crippen molar-refractivity contribution in [3.05, 3.63) is 29.3 Å². The molecule has 0 atom stereocenters. The molecule has 0 radical (unpaired) electrons. The topological polar surface area (TPSA) is 21.3 Å². The van der Waals surface area contributed by atoms with Gasteiger partial charge in [0.1, 0.15) is 0 Å². The summed E-state index contributed by atoms with van der Waals surface area (Å²) in [5.41, 5.74) is 2.95. The fraction of sp³-hybridized carbons (Fsp3) is 0.625. The lowest BCUT2D eigenvalue weighted by Crippen LogP contribution is -2.21. The van der Waals surface area contributed by atoms with Gasteiger partial charge in [0.2, 0.25) is 0 Å². The SMILES string of the molecule is CCCCNCCOCCc1ccc2c(c1)CCS2. The molecule has 1 N–H and O–H groups in total. The minimum Gasteiger partial charge on any atom is -0.380 e. The minimum atomic E-state index is 0.824. The lowest BCUT2D eigenvalue weighted by atomic mass is 10.1. The van der Waals surface area contributed by atoms with Crippen molar-refractivity contribution in [1.82, 2.24) is 5.32 Å². The Morgan fingerprint density at radius 2 is 2.21 bits per heavy atom. The van der Waals surface area contributed by atoms with E-state index in [0.717, 1.165) is 32.7 Å². The second-order valence-electron chi connectivity index (χ2n) is 5.01. The lowest BCUT2D eigenvalue weighted by Gasteiger charge is -2.07. The lowest BCUT2D eigenvalue weighted by molar-refractivity contribution is 0.139. The molecule has 1 aliphatic rings. The standard InChI is InChI=1S/C16H25NOS/c1-2-3-8-17-9-11-18-10-6-14-4-5-16-15(13-14)7-12-19-16/h4-5,13,17H,2-3,6-12H2,1H3. The van der Waals surface area contributed by atoms with Crippen LogP contribution in [0.3, 0.4) is 0 Å². The van der Waals surface area contributed by atoms with Crippen LogP contribution in [0.4, 0.5) is 0 Å². The van der Waals surface area contributed by atoms with E-state index in [4.69, 9.17) is 4.74 Å². The number of hydrogen-bond donors (Lipinski definition) is 1. The molecular weight excluding hydrogens is 254 g/mol. The molecule has 1 heterocycles. The van der Waals surface area contributed by atoms with Crippen LogP contribution in [0.25, 0.3) is 0 Å². The number of fused-ring (bicyclic) bond motifs is 1. The zero-order valence-electron chi connectivity index (χ0n) is 11.9. The summed E-state index contributed by atoms with van der Waals surface area (Å²) in [6.45, 7) is 5.96. The van der Waals surface area contributed by atoms with Crippen LogP contribution in [0.5, 0.6) is 0 Å². The van der Waals surface area contributed by atoms with Crippen LogP contribution in [0.1, 0.15) is 30.9 Å². The van der Waals surface area contributed by atoms with Gasteiger partial charge in [-0.25, -0.2) is 0 Å². The Balaban J connectivity index is 1.56. The Morgan fingerprint density at radius 3 is 3.11 bits per heavy atom. The van der Waals surface area contributed by atoms with Crippen molar-refractivity contribution < 1.29 is 4.74 Å². The van der Waals surface area contributed by atoms with Gasteiger partial charge < -0.3 is 10.1 Å². The average Bonchev–Trinajstić information content (AvgIpc) is 2.89. The maximum atomic E-state index is 5.67. The number of ether oxygens (including phenoxy) is 1. The number of nitrogens with one attached hydrogen (secondary N) is 1. The van der Waals surface area contributed by atoms with E-state index in [2.05, 4.69) is 30.4 Å². The zero-order valence-corrected chi connectivity index (χ0v) is 12.7. The van der Waals surface area contributed by atoms with Crippen LogP contribution in [0.2, 0.25) is 0 Å². The smallest absolute Gasteiger partial charge is 0.0591 e. The van der Waals surface area contributed by atoms with Gasteiger partial charge in [-0.2, -0.15) is 0 Å². The molecule has 0 unspecified atom stereocenters. The molecule has 0 spiro atoms. The van der Waals surface area contributed by atoms with E-state index in [-0.39, 0.29) is 0 Å². The minimum absolute atomic E-state index is 0.824. The van der Waals surface area contributed by atoms with Crippen molar-refractivity contribution in [1.29, 1.82) is 0 Å². The number of benzene rings is 1. The Kier molecular flexibility index (Phi) is 6.75. The van der Waals surface area contributed by atoms with E-state index < -0.39 is 0 Å². The molecule has 0 saturated heterocycles. The molecule has 0 amide bonds. The Morgan fingerprint density at radius 1 is 1.26 bits per heavy atom. The first-order chi connectivity index (χ1) is 9.40. The second-order valence-corrected chi connectivity index (χ2v) is 6.14. The highest BCUT2D eigenvalue weighted by Crippen LogP contribution is 2.31. The zero-order chi connectivity index (χ0) is 13.3. The summed E-state index contributed by atoms with van der Waals surface area (Å²) in [6, 6.07) is 6.88. The third kappa shape index (κ3) is 5.17. The van der Waals surface area contributed by atoms with Crippen molar-refractivity contribution in [2.24, 2.45) is 0 Å². The summed E-state index contributed by atoms with van der Waals surface area (Å²) in [4.78, 5) is 1.48. The first kappa shape index (κ1) is 14.9. The van der Waals surface area contributed by atoms with E-state index in [1.54, 1.807) is 0 Å². The van der Waals surface area contributed by atoms with Crippen molar-refractivity contribution in [2.75, 3.05) is 32.1 Å². The van der Waals surface area contributed by atoms with Crippen LogP contribution in [-0.4, -0.2) is 32.1 Å². The van der Waals surface area contributed by atoms with Gasteiger partial charge in [0, 0.05) is 17.2 Å². The van der Waals surface area contributed by atoms with Gasteiger partial charge in [0.25, 0.3) is 0 Å². The first-order valence-corrected chi connectivity index (χ1v) is 8.42. The molecule has 0 aromatic heterocycles. The number of unbranched alkanes of at least 4 members (excludes halogenated alkanes) is 1. The molecule has 3 heteroatoms. The first-order valence-electron chi connectivity index (χ1n) is 7.43. The molecule has 0 saturated carbocycles. The van der Waals surface area contributed by atoms with Gasteiger partial charge in [-0.3, -0.25) is 0 Å². The van der Waals surface area contributed by atoms with Crippen molar-refractivity contribution >= 4 is 11.8 Å². The molecule has 2 nitrogen and oxygen atoms in total. The fourth-order valence-corrected chi connectivity index (χ4v) is 3.31. The molecule has 106 valence electrons. The van der Waals surface area contributed by atoms with E-state index in [1.807, 2.05) is 11.8 Å². The Labute approximate surface area is 121 Å². The molecular formula is C16H25NOS. The predicted octanol–water partition coefficient (Wildman–Crippen LogP) is 3.28. The Hall–Kier alpha value is -0.510. The summed E-state index contributed by atoms with van der Waals surface area (Å²) in [7, 11) is 0. The van der Waals surface area contributed by atoms with Gasteiger partial charge >= 0.3 is 0 Å². The third-order valence-electron chi connectivity index (χ3n) is 3.42. The molecule has 19 heavy (non-hydrogen) atoms. The van der Waals surface area contributed by atoms with Crippen LogP contribution in [-0.2, 0) is 17.6 Å². The molecule has 1 aromatic carbocycles. The Bertz CT molecular complexity index is 381. The molecule has 0 bridgehead atoms. The van der Waals surface area contributed by atoms with Crippen LogP contribution in [0.15, 0.2) is 23.1 Å². The van der Waals surface area contributed by atoms with Crippen LogP contribution in [0, 0.1) is 0 Å². The summed E-state index contributed by atoms with van der Waals surface area (Å²) in [5, 5.41) is 3.39. The fourth-order valence-electron chi connectivity index (χ4n) is 2.26. The maximum absolute atomic E-state index is 5.67. The van der Waals surface area contributed by atoms with Crippen molar-refractivity contribution in [3.8, 4) is 0 Å². The van der Waals surface area contributed by atoms with Crippen molar-refractivity contribution in [2.45, 2.75) is 37.5 Å².